The van der Waals surface area contributed by atoms with E-state index in [0.717, 1.165) is 23.1 Å². The highest BCUT2D eigenvalue weighted by atomic mass is 16.2. The first-order valence-corrected chi connectivity index (χ1v) is 14.4. The number of benzene rings is 3. The molecule has 2 aliphatic heterocycles. The molecule has 0 aromatic heterocycles. The molecule has 1 unspecified atom stereocenters. The number of hydrogen-bond donors (Lipinski definition) is 1. The van der Waals surface area contributed by atoms with Gasteiger partial charge in [-0.05, 0) is 22.6 Å². The fraction of sp³-hybridized carbons (Fsp3) is 0.364. The van der Waals surface area contributed by atoms with Gasteiger partial charge in [0.05, 0.1) is 13.1 Å². The van der Waals surface area contributed by atoms with Crippen LogP contribution in [0.3, 0.4) is 0 Å². The van der Waals surface area contributed by atoms with E-state index in [-0.39, 0.29) is 42.8 Å². The average molecular weight is 554 g/mol. The zero-order valence-electron chi connectivity index (χ0n) is 24.0. The summed E-state index contributed by atoms with van der Waals surface area (Å²) in [5.74, 6) is -0.315. The first-order chi connectivity index (χ1) is 19.9. The van der Waals surface area contributed by atoms with Gasteiger partial charge in [-0.25, -0.2) is 14.8 Å². The Labute approximate surface area is 242 Å². The topological polar surface area (TPSA) is 76.2 Å². The quantitative estimate of drug-likeness (QED) is 0.451. The second-order valence-corrected chi connectivity index (χ2v) is 11.0. The molecule has 0 radical (unpaired) electrons. The highest BCUT2D eigenvalue weighted by molar-refractivity contribution is 5.91. The van der Waals surface area contributed by atoms with Crippen molar-refractivity contribution in [1.82, 2.24) is 25.1 Å². The van der Waals surface area contributed by atoms with Crippen molar-refractivity contribution in [2.75, 3.05) is 26.7 Å². The van der Waals surface area contributed by atoms with Gasteiger partial charge in [-0.1, -0.05) is 111 Å². The molecule has 0 bridgehead atoms. The normalized spacial score (nSPS) is 20.2. The number of carbonyl (C=O) groups excluding carboxylic acids is 3. The molecule has 2 saturated heterocycles. The third-order valence-electron chi connectivity index (χ3n) is 8.36. The minimum atomic E-state index is -0.642. The first kappa shape index (κ1) is 28.4. The number of nitrogens with one attached hydrogen (secondary N) is 1. The second kappa shape index (κ2) is 12.6. The summed E-state index contributed by atoms with van der Waals surface area (Å²) in [6.07, 6.45) is 0.123. The number of likely N-dealkylation sites (N-methyl/N-ethyl adjacent to an activating group) is 1. The van der Waals surface area contributed by atoms with E-state index in [1.165, 1.54) is 0 Å². The number of carbonyl (C=O) groups is 3. The van der Waals surface area contributed by atoms with Crippen LogP contribution in [-0.4, -0.2) is 76.6 Å². The maximum atomic E-state index is 14.2. The standard InChI is InChI=1S/C33H39N5O3/c1-4-24(2)31-32(40)36(21-28(26-16-10-6-11-17-26)27-18-12-7-13-19-27)22-29-37(31)30(39)23-35(3)38(29)33(41)34-20-25-14-8-5-9-15-25/h5-19,24,28-29,31H,4,20-23H2,1-3H3,(H,34,41)/t24?,29-,31-/m0/s1. The lowest BCUT2D eigenvalue weighted by molar-refractivity contribution is -0.190. The lowest BCUT2D eigenvalue weighted by Crippen LogP contribution is -2.76. The summed E-state index contributed by atoms with van der Waals surface area (Å²) in [5.41, 5.74) is 3.21. The first-order valence-electron chi connectivity index (χ1n) is 14.4. The molecule has 0 saturated carbocycles. The van der Waals surface area contributed by atoms with Gasteiger partial charge in [-0.15, -0.1) is 0 Å². The highest BCUT2D eigenvalue weighted by Gasteiger charge is 2.52. The lowest BCUT2D eigenvalue weighted by Gasteiger charge is -2.55. The van der Waals surface area contributed by atoms with Crippen LogP contribution >= 0.6 is 0 Å². The Morgan fingerprint density at radius 1 is 0.902 bits per heavy atom. The number of rotatable bonds is 8. The summed E-state index contributed by atoms with van der Waals surface area (Å²) in [6.45, 7) is 5.13. The fourth-order valence-corrected chi connectivity index (χ4v) is 6.01. The molecule has 0 aliphatic carbocycles. The number of hydrazine groups is 1. The van der Waals surface area contributed by atoms with E-state index < -0.39 is 12.2 Å². The van der Waals surface area contributed by atoms with Crippen LogP contribution in [-0.2, 0) is 16.1 Å². The molecule has 8 heteroatoms. The highest BCUT2D eigenvalue weighted by Crippen LogP contribution is 2.33. The van der Waals surface area contributed by atoms with E-state index >= 15 is 0 Å². The number of amides is 4. The molecular formula is C33H39N5O3. The molecule has 4 amide bonds. The molecule has 3 aromatic carbocycles. The van der Waals surface area contributed by atoms with Crippen LogP contribution in [0.4, 0.5) is 4.79 Å². The summed E-state index contributed by atoms with van der Waals surface area (Å²) in [7, 11) is 1.76. The van der Waals surface area contributed by atoms with Crippen molar-refractivity contribution >= 4 is 17.8 Å². The predicted octanol–water partition coefficient (Wildman–Crippen LogP) is 4.30. The summed E-state index contributed by atoms with van der Waals surface area (Å²) in [5, 5.41) is 6.33. The minimum absolute atomic E-state index is 0.0339. The number of urea groups is 1. The monoisotopic (exact) mass is 553 g/mol. The number of nitrogens with zero attached hydrogens (tertiary/aromatic N) is 4. The van der Waals surface area contributed by atoms with E-state index in [2.05, 4.69) is 29.6 Å². The van der Waals surface area contributed by atoms with Gasteiger partial charge in [0.25, 0.3) is 0 Å². The molecule has 3 aromatic rings. The average Bonchev–Trinajstić information content (AvgIpc) is 3.00. The number of fused-ring (bicyclic) bond motifs is 1. The van der Waals surface area contributed by atoms with E-state index in [1.54, 1.807) is 22.0 Å². The maximum absolute atomic E-state index is 14.2. The summed E-state index contributed by atoms with van der Waals surface area (Å²) in [4.78, 5) is 44.9. The van der Waals surface area contributed by atoms with Crippen LogP contribution in [0.1, 0.15) is 42.9 Å². The van der Waals surface area contributed by atoms with Crippen LogP contribution in [0, 0.1) is 5.92 Å². The minimum Gasteiger partial charge on any atom is -0.336 e. The van der Waals surface area contributed by atoms with Gasteiger partial charge in [0.2, 0.25) is 11.8 Å². The van der Waals surface area contributed by atoms with Crippen molar-refractivity contribution < 1.29 is 14.4 Å². The van der Waals surface area contributed by atoms with Crippen LogP contribution in [0.5, 0.6) is 0 Å². The molecule has 2 heterocycles. The molecule has 1 N–H and O–H groups in total. The van der Waals surface area contributed by atoms with Gasteiger partial charge in [-0.2, -0.15) is 0 Å². The SMILES string of the molecule is CCC(C)[C@H]1C(=O)N(CC(c2ccccc2)c2ccccc2)C[C@H]2N1C(=O)CN(C)N2C(=O)NCc1ccccc1. The molecule has 5 rings (SSSR count). The van der Waals surface area contributed by atoms with Crippen molar-refractivity contribution in [2.45, 2.75) is 44.9 Å². The van der Waals surface area contributed by atoms with Gasteiger partial charge in [0.15, 0.2) is 0 Å². The lowest BCUT2D eigenvalue weighted by atomic mass is 9.88. The molecule has 2 aliphatic rings. The van der Waals surface area contributed by atoms with Gasteiger partial charge in [-0.3, -0.25) is 9.59 Å². The van der Waals surface area contributed by atoms with Crippen molar-refractivity contribution in [3.63, 3.8) is 0 Å². The van der Waals surface area contributed by atoms with Crippen molar-refractivity contribution in [2.24, 2.45) is 5.92 Å². The zero-order valence-corrected chi connectivity index (χ0v) is 24.0. The Hall–Kier alpha value is -4.17. The van der Waals surface area contributed by atoms with Crippen molar-refractivity contribution in [1.29, 1.82) is 0 Å². The van der Waals surface area contributed by atoms with Gasteiger partial charge in [0, 0.05) is 26.1 Å². The predicted molar refractivity (Wildman–Crippen MR) is 158 cm³/mol. The second-order valence-electron chi connectivity index (χ2n) is 11.0. The Bertz CT molecular complexity index is 1300. The van der Waals surface area contributed by atoms with E-state index in [4.69, 9.17) is 0 Å². The van der Waals surface area contributed by atoms with Gasteiger partial charge < -0.3 is 15.1 Å². The Kier molecular flexibility index (Phi) is 8.69. The molecular weight excluding hydrogens is 514 g/mol. The Morgan fingerprint density at radius 2 is 1.46 bits per heavy atom. The molecule has 214 valence electrons. The van der Waals surface area contributed by atoms with Crippen LogP contribution in [0.2, 0.25) is 0 Å². The van der Waals surface area contributed by atoms with E-state index in [0.29, 0.717) is 13.1 Å². The van der Waals surface area contributed by atoms with Crippen molar-refractivity contribution in [3.05, 3.63) is 108 Å². The van der Waals surface area contributed by atoms with Crippen LogP contribution in [0.25, 0.3) is 0 Å². The summed E-state index contributed by atoms with van der Waals surface area (Å²) >= 11 is 0. The zero-order chi connectivity index (χ0) is 28.9. The molecule has 2 fully saturated rings. The van der Waals surface area contributed by atoms with Gasteiger partial charge in [0.1, 0.15) is 12.2 Å². The van der Waals surface area contributed by atoms with Crippen LogP contribution < -0.4 is 5.32 Å². The Balaban J connectivity index is 1.48. The molecule has 41 heavy (non-hydrogen) atoms. The molecule has 8 nitrogen and oxygen atoms in total. The van der Waals surface area contributed by atoms with E-state index in [9.17, 15) is 14.4 Å². The maximum Gasteiger partial charge on any atom is 0.334 e. The van der Waals surface area contributed by atoms with Crippen molar-refractivity contribution in [3.8, 4) is 0 Å². The van der Waals surface area contributed by atoms with E-state index in [1.807, 2.05) is 85.5 Å². The molecule has 3 atom stereocenters. The van der Waals surface area contributed by atoms with Crippen LogP contribution in [0.15, 0.2) is 91.0 Å². The Morgan fingerprint density at radius 3 is 2.02 bits per heavy atom. The fourth-order valence-electron chi connectivity index (χ4n) is 6.01. The number of hydrogen-bond acceptors (Lipinski definition) is 4. The smallest absolute Gasteiger partial charge is 0.334 e. The van der Waals surface area contributed by atoms with Gasteiger partial charge >= 0.3 is 6.03 Å². The third kappa shape index (κ3) is 5.98. The number of piperazine rings is 1. The summed E-state index contributed by atoms with van der Waals surface area (Å²) in [6, 6.07) is 29.2. The largest absolute Gasteiger partial charge is 0.336 e. The summed E-state index contributed by atoms with van der Waals surface area (Å²) < 4.78 is 0. The third-order valence-corrected chi connectivity index (χ3v) is 8.36. The molecule has 0 spiro atoms.